The SMILES string of the molecule is CC(C)(C)Cc1cc(-c2[c-]cc3ccccc3c2)ncc1[Si](C)(C)C.CC(C)Cc1cc(-c2[c-]ccc3ccccc23)ncc1[Si](C)(C)C.Cc1ccc2c(n1)oc1c(-c3cc(CC4CCCC4)c(C(C)C)cn3)[c-]ccc12.Cc1ccc2c(n1)oc1c(-c3nccc4c3CCCC4)[c-]ccc12.[2H]C(C)(C)c1cc(-c2[c-]cccc2)ncc1[Si](C)(C)C.[Ir].[Ir].[Ir].[c-]1ccc2c(oc3ncccc32)c1-c1ccccn1. The van der Waals surface area contributed by atoms with E-state index in [9.17, 15) is 0 Å². The van der Waals surface area contributed by atoms with E-state index < -0.39 is 30.1 Å². The average molecular weight is 2470 g/mol. The minimum absolute atomic E-state index is 0. The van der Waals surface area contributed by atoms with Gasteiger partial charge in [0.05, 0.1) is 41.0 Å². The van der Waals surface area contributed by atoms with Crippen molar-refractivity contribution < 1.29 is 74.9 Å². The number of benzene rings is 8. The van der Waals surface area contributed by atoms with Gasteiger partial charge < -0.3 is 43.2 Å². The topological polar surface area (TPSA) is 155 Å². The molecular formula is C125H129Ir3N9O3Si3-6. The summed E-state index contributed by atoms with van der Waals surface area (Å²) in [4.78, 5) is 41.5. The van der Waals surface area contributed by atoms with Crippen LogP contribution in [0.3, 0.4) is 0 Å². The van der Waals surface area contributed by atoms with Gasteiger partial charge in [-0.2, -0.15) is 0 Å². The van der Waals surface area contributed by atoms with Crippen LogP contribution in [0.15, 0.2) is 275 Å². The van der Waals surface area contributed by atoms with Gasteiger partial charge in [-0.15, -0.1) is 149 Å². The summed E-state index contributed by atoms with van der Waals surface area (Å²) in [5, 5.41) is 15.5. The molecule has 0 saturated heterocycles. The second kappa shape index (κ2) is 46.8. The molecule has 0 bridgehead atoms. The minimum atomic E-state index is -1.50. The van der Waals surface area contributed by atoms with E-state index in [1.807, 2.05) is 137 Å². The average Bonchev–Trinajstić information content (AvgIpc) is 1.62. The molecule has 3 radical (unpaired) electrons. The fourth-order valence-electron chi connectivity index (χ4n) is 19.6. The first-order chi connectivity index (χ1) is 67.5. The van der Waals surface area contributed by atoms with Crippen LogP contribution in [0.5, 0.6) is 0 Å². The second-order valence-electron chi connectivity index (χ2n) is 42.9. The Hall–Kier alpha value is -11.4. The predicted molar refractivity (Wildman–Crippen MR) is 592 cm³/mol. The Morgan fingerprint density at radius 1 is 0.392 bits per heavy atom. The summed E-state index contributed by atoms with van der Waals surface area (Å²) in [6.45, 7) is 45.2. The molecule has 12 aromatic heterocycles. The number of nitrogens with zero attached hydrogens (tertiary/aromatic N) is 9. The Labute approximate surface area is 890 Å². The molecule has 8 aromatic carbocycles. The van der Waals surface area contributed by atoms with Crippen LogP contribution >= 0.6 is 0 Å². The quantitative estimate of drug-likeness (QED) is 0.0668. The van der Waals surface area contributed by atoms with Crippen LogP contribution in [-0.2, 0) is 92.4 Å². The Bertz CT molecular complexity index is 7870. The van der Waals surface area contributed by atoms with E-state index in [0.717, 1.165) is 172 Å². The van der Waals surface area contributed by atoms with Crippen LogP contribution in [-0.4, -0.2) is 69.1 Å². The van der Waals surface area contributed by atoms with E-state index >= 15 is 0 Å². The van der Waals surface area contributed by atoms with E-state index in [1.54, 1.807) is 12.4 Å². The summed E-state index contributed by atoms with van der Waals surface area (Å²) in [5.74, 6) is 1.32. The monoisotopic (exact) mass is 2470 g/mol. The number of furan rings is 3. The molecule has 1 fully saturated rings. The van der Waals surface area contributed by atoms with Gasteiger partial charge in [0, 0.05) is 133 Å². The maximum Gasteiger partial charge on any atom is 0.216 e. The van der Waals surface area contributed by atoms with Crippen molar-refractivity contribution in [1.82, 2.24) is 44.9 Å². The molecule has 2 aliphatic carbocycles. The fourth-order valence-corrected chi connectivity index (χ4v) is 24.3. The minimum Gasteiger partial charge on any atom is -0.486 e. The summed E-state index contributed by atoms with van der Waals surface area (Å²) < 4.78 is 26.6. The van der Waals surface area contributed by atoms with Gasteiger partial charge in [0.1, 0.15) is 0 Å². The molecule has 18 heteroatoms. The van der Waals surface area contributed by atoms with Gasteiger partial charge in [0.2, 0.25) is 17.1 Å². The predicted octanol–water partition coefficient (Wildman–Crippen LogP) is 31.4. The van der Waals surface area contributed by atoms with Crippen molar-refractivity contribution in [3.05, 3.63) is 348 Å². The smallest absolute Gasteiger partial charge is 0.216 e. The van der Waals surface area contributed by atoms with Gasteiger partial charge in [-0.1, -0.05) is 303 Å². The zero-order chi connectivity index (χ0) is 99.2. The molecule has 0 aliphatic heterocycles. The molecular weight excluding hydrogens is 2340 g/mol. The molecule has 22 rings (SSSR count). The number of pyridine rings is 9. The Morgan fingerprint density at radius 3 is 1.52 bits per heavy atom. The third-order valence-electron chi connectivity index (χ3n) is 26.5. The van der Waals surface area contributed by atoms with Gasteiger partial charge in [0.25, 0.3) is 0 Å². The molecule has 1 saturated carbocycles. The molecule has 12 nitrogen and oxygen atoms in total. The number of rotatable bonds is 16. The Balaban J connectivity index is 0.000000137. The van der Waals surface area contributed by atoms with Gasteiger partial charge in [-0.25, -0.2) is 15.0 Å². The number of aromatic nitrogens is 9. The van der Waals surface area contributed by atoms with E-state index in [2.05, 4.69) is 314 Å². The first-order valence-electron chi connectivity index (χ1n) is 50.3. The Morgan fingerprint density at radius 2 is 0.909 bits per heavy atom. The van der Waals surface area contributed by atoms with Gasteiger partial charge in [0.15, 0.2) is 0 Å². The number of hydrogen-bond donors (Lipinski definition) is 0. The summed E-state index contributed by atoms with van der Waals surface area (Å²) in [7, 11) is -4.32. The van der Waals surface area contributed by atoms with Crippen LogP contribution < -0.4 is 15.6 Å². The van der Waals surface area contributed by atoms with Crippen LogP contribution in [0.1, 0.15) is 164 Å². The van der Waals surface area contributed by atoms with E-state index in [1.165, 1.54) is 109 Å². The normalized spacial score (nSPS) is 12.9. The molecule has 0 atom stereocenters. The summed E-state index contributed by atoms with van der Waals surface area (Å²) in [6.07, 6.45) is 27.2. The third-order valence-corrected chi connectivity index (χ3v) is 32.7. The molecule has 0 N–H and O–H groups in total. The second-order valence-corrected chi connectivity index (χ2v) is 58.0. The van der Waals surface area contributed by atoms with Crippen molar-refractivity contribution in [3.63, 3.8) is 0 Å². The van der Waals surface area contributed by atoms with E-state index in [-0.39, 0.29) is 65.7 Å². The molecule has 0 amide bonds. The van der Waals surface area contributed by atoms with Crippen molar-refractivity contribution in [1.29, 1.82) is 0 Å². The molecule has 12 heterocycles. The standard InChI is InChI=1S/C26H27N2O.C23H28NSi.C22H26NSi.C21H17N2O.C17H22NSi.C16H9N2O.3Ir/c1-16(2)23-15-27-24(14-19(23)13-18-7-4-5-8-18)22-10-6-9-20-21-12-11-17(3)28-26(21)29-25(20)22;1-23(2,3)15-20-14-21(24-16-22(20)25(4,5)6)19-12-11-17-9-7-8-10-18(17)13-19;1-16(2)13-18-14-21(23-15-22(18)24(3,4)5)20-12-8-10-17-9-6-7-11-19(17)20;1-13-9-10-17-16-7-4-8-18(20(16)24-21(17)23-13)19-15-6-3-2-5-14(15)11-12-22-19;1-13(2)15-11-16(14-9-7-6-8-10-14)18-12-17(15)19(3,4)5;1-2-9-17-14(8-1)13-6-3-5-11-12-7-4-10-18-16(12)19-15(11)13;;;/h6,9,11-12,14-16,18H,4-5,7-8,13H2,1-3H3;7-11,13-14,16H,15H2,1-6H3;6-11,14-16H,13H2,1-5H3;4,7,9-12H,2-3,5-6H2,1H3;6-9,11-13H,1-5H3;1-5,7-10H;;;/q6*-1;;;/i;;;;13D;;;;. The number of hydrogen-bond acceptors (Lipinski definition) is 12. The van der Waals surface area contributed by atoms with Crippen LogP contribution in [0.4, 0.5) is 0 Å². The maximum atomic E-state index is 8.44. The molecule has 0 unspecified atom stereocenters. The molecule has 737 valence electrons. The molecule has 0 spiro atoms. The largest absolute Gasteiger partial charge is 0.486 e. The number of fused-ring (bicyclic) bond motifs is 12. The zero-order valence-electron chi connectivity index (χ0n) is 87.1. The molecule has 143 heavy (non-hydrogen) atoms. The summed E-state index contributed by atoms with van der Waals surface area (Å²) in [6, 6.07) is 94.2. The first kappa shape index (κ1) is 106. The number of aryl methyl sites for hydroxylation is 3. The van der Waals surface area contributed by atoms with Crippen LogP contribution in [0.25, 0.3) is 155 Å². The van der Waals surface area contributed by atoms with Crippen molar-refractivity contribution in [2.45, 2.75) is 218 Å². The van der Waals surface area contributed by atoms with E-state index in [4.69, 9.17) is 29.6 Å². The fraction of sp³-hybridized carbons (Fsp3) is 0.288. The van der Waals surface area contributed by atoms with E-state index in [0.29, 0.717) is 29.0 Å². The van der Waals surface area contributed by atoms with Crippen molar-refractivity contribution in [2.75, 3.05) is 0 Å². The zero-order valence-corrected chi connectivity index (χ0v) is 96.3. The van der Waals surface area contributed by atoms with Gasteiger partial charge >= 0.3 is 0 Å². The van der Waals surface area contributed by atoms with Crippen molar-refractivity contribution in [2.24, 2.45) is 17.3 Å². The molecule has 20 aromatic rings. The van der Waals surface area contributed by atoms with Crippen LogP contribution in [0.2, 0.25) is 58.9 Å². The summed E-state index contributed by atoms with van der Waals surface area (Å²) in [5.41, 5.74) is 28.0. The van der Waals surface area contributed by atoms with Crippen LogP contribution in [0, 0.1) is 67.5 Å². The van der Waals surface area contributed by atoms with Gasteiger partial charge in [-0.05, 0) is 197 Å². The molecule has 2 aliphatic rings. The first-order valence-corrected chi connectivity index (χ1v) is 60.3. The third kappa shape index (κ3) is 25.4. The summed E-state index contributed by atoms with van der Waals surface area (Å²) >= 11 is 0. The van der Waals surface area contributed by atoms with Gasteiger partial charge in [-0.3, -0.25) is 0 Å². The van der Waals surface area contributed by atoms with Crippen molar-refractivity contribution >= 4 is 128 Å². The maximum absolute atomic E-state index is 8.44. The van der Waals surface area contributed by atoms with Crippen molar-refractivity contribution in [3.8, 4) is 67.5 Å². The Kier molecular flexibility index (Phi) is 34.6.